The lowest BCUT2D eigenvalue weighted by Gasteiger charge is -2.28. The number of anilines is 1. The van der Waals surface area contributed by atoms with Crippen molar-refractivity contribution in [3.63, 3.8) is 0 Å². The number of nitrogens with zero attached hydrogens (tertiary/aromatic N) is 1. The summed E-state index contributed by atoms with van der Waals surface area (Å²) in [6.45, 7) is 8.13. The SMILES string of the molecule is Cc1cc(C)c(N(C)C(=O)C2CCCNC2)cc1C. The van der Waals surface area contributed by atoms with E-state index in [0.717, 1.165) is 31.6 Å². The van der Waals surface area contributed by atoms with Gasteiger partial charge in [-0.25, -0.2) is 0 Å². The second-order valence-corrected chi connectivity index (χ2v) is 5.66. The van der Waals surface area contributed by atoms with E-state index in [1.165, 1.54) is 16.7 Å². The fraction of sp³-hybridized carbons (Fsp3) is 0.562. The van der Waals surface area contributed by atoms with Crippen LogP contribution in [0.15, 0.2) is 12.1 Å². The molecule has 1 aliphatic rings. The lowest BCUT2D eigenvalue weighted by Crippen LogP contribution is -2.41. The minimum atomic E-state index is 0.125. The Morgan fingerprint density at radius 2 is 1.89 bits per heavy atom. The second-order valence-electron chi connectivity index (χ2n) is 5.66. The minimum absolute atomic E-state index is 0.125. The van der Waals surface area contributed by atoms with E-state index in [9.17, 15) is 4.79 Å². The Morgan fingerprint density at radius 3 is 2.53 bits per heavy atom. The smallest absolute Gasteiger partial charge is 0.231 e. The first kappa shape index (κ1) is 14.1. The number of rotatable bonds is 2. The van der Waals surface area contributed by atoms with E-state index in [1.807, 2.05) is 11.9 Å². The molecule has 104 valence electrons. The van der Waals surface area contributed by atoms with Gasteiger partial charge in [0.2, 0.25) is 5.91 Å². The van der Waals surface area contributed by atoms with E-state index < -0.39 is 0 Å². The number of nitrogens with one attached hydrogen (secondary N) is 1. The van der Waals surface area contributed by atoms with Crippen molar-refractivity contribution in [2.45, 2.75) is 33.6 Å². The van der Waals surface area contributed by atoms with Crippen molar-refractivity contribution in [3.8, 4) is 0 Å². The van der Waals surface area contributed by atoms with Gasteiger partial charge in [0.05, 0.1) is 5.92 Å². The van der Waals surface area contributed by atoms with Gasteiger partial charge >= 0.3 is 0 Å². The quantitative estimate of drug-likeness (QED) is 0.886. The van der Waals surface area contributed by atoms with Crippen LogP contribution in [0.1, 0.15) is 29.5 Å². The predicted octanol–water partition coefficient (Wildman–Crippen LogP) is 2.57. The molecule has 1 heterocycles. The zero-order valence-electron chi connectivity index (χ0n) is 12.4. The lowest BCUT2D eigenvalue weighted by atomic mass is 9.97. The van der Waals surface area contributed by atoms with E-state index in [2.05, 4.69) is 38.2 Å². The number of benzene rings is 1. The Bertz CT molecular complexity index is 476. The van der Waals surface area contributed by atoms with Gasteiger partial charge in [0.1, 0.15) is 0 Å². The number of carbonyl (C=O) groups excluding carboxylic acids is 1. The summed E-state index contributed by atoms with van der Waals surface area (Å²) in [5.74, 6) is 0.360. The molecule has 19 heavy (non-hydrogen) atoms. The molecule has 0 aliphatic carbocycles. The fourth-order valence-corrected chi connectivity index (χ4v) is 2.76. The van der Waals surface area contributed by atoms with Crippen LogP contribution in [0.4, 0.5) is 5.69 Å². The molecule has 2 rings (SSSR count). The summed E-state index contributed by atoms with van der Waals surface area (Å²) in [5.41, 5.74) is 4.73. The summed E-state index contributed by atoms with van der Waals surface area (Å²) in [5, 5.41) is 3.31. The van der Waals surface area contributed by atoms with Crippen molar-refractivity contribution >= 4 is 11.6 Å². The largest absolute Gasteiger partial charge is 0.316 e. The first-order chi connectivity index (χ1) is 9.00. The van der Waals surface area contributed by atoms with Crippen LogP contribution in [0.25, 0.3) is 0 Å². The van der Waals surface area contributed by atoms with Gasteiger partial charge in [0.15, 0.2) is 0 Å². The highest BCUT2D eigenvalue weighted by Gasteiger charge is 2.25. The molecule has 1 amide bonds. The summed E-state index contributed by atoms with van der Waals surface area (Å²) < 4.78 is 0. The topological polar surface area (TPSA) is 32.3 Å². The number of amides is 1. The van der Waals surface area contributed by atoms with Gasteiger partial charge in [-0.2, -0.15) is 0 Å². The average molecular weight is 260 g/mol. The third kappa shape index (κ3) is 2.98. The molecule has 1 aromatic rings. The second kappa shape index (κ2) is 5.74. The van der Waals surface area contributed by atoms with Gasteiger partial charge in [0.25, 0.3) is 0 Å². The van der Waals surface area contributed by atoms with Crippen LogP contribution in [0, 0.1) is 26.7 Å². The van der Waals surface area contributed by atoms with Crippen molar-refractivity contribution in [1.29, 1.82) is 0 Å². The van der Waals surface area contributed by atoms with Gasteiger partial charge in [-0.15, -0.1) is 0 Å². The highest BCUT2D eigenvalue weighted by Crippen LogP contribution is 2.25. The van der Waals surface area contributed by atoms with Crippen molar-refractivity contribution < 1.29 is 4.79 Å². The molecule has 3 nitrogen and oxygen atoms in total. The van der Waals surface area contributed by atoms with Crippen LogP contribution >= 0.6 is 0 Å². The highest BCUT2D eigenvalue weighted by molar-refractivity contribution is 5.95. The summed E-state index contributed by atoms with van der Waals surface area (Å²) >= 11 is 0. The lowest BCUT2D eigenvalue weighted by molar-refractivity contribution is -0.122. The third-order valence-corrected chi connectivity index (χ3v) is 4.15. The molecular formula is C16H24N2O. The van der Waals surface area contributed by atoms with E-state index in [-0.39, 0.29) is 11.8 Å². The van der Waals surface area contributed by atoms with Gasteiger partial charge in [-0.3, -0.25) is 4.79 Å². The van der Waals surface area contributed by atoms with E-state index in [0.29, 0.717) is 0 Å². The summed E-state index contributed by atoms with van der Waals surface area (Å²) in [4.78, 5) is 14.4. The van der Waals surface area contributed by atoms with Gasteiger partial charge in [0, 0.05) is 19.3 Å². The van der Waals surface area contributed by atoms with Gasteiger partial charge in [-0.1, -0.05) is 6.07 Å². The summed E-state index contributed by atoms with van der Waals surface area (Å²) in [7, 11) is 1.90. The zero-order valence-corrected chi connectivity index (χ0v) is 12.4. The Morgan fingerprint density at radius 1 is 1.21 bits per heavy atom. The van der Waals surface area contributed by atoms with Crippen LogP contribution < -0.4 is 10.2 Å². The fourth-order valence-electron chi connectivity index (χ4n) is 2.76. The van der Waals surface area contributed by atoms with Crippen molar-refractivity contribution in [2.75, 3.05) is 25.0 Å². The monoisotopic (exact) mass is 260 g/mol. The van der Waals surface area contributed by atoms with Crippen LogP contribution in [0.5, 0.6) is 0 Å². The summed E-state index contributed by atoms with van der Waals surface area (Å²) in [6, 6.07) is 4.28. The maximum atomic E-state index is 12.5. The minimum Gasteiger partial charge on any atom is -0.316 e. The third-order valence-electron chi connectivity index (χ3n) is 4.15. The molecule has 1 atom stereocenters. The van der Waals surface area contributed by atoms with Crippen LogP contribution in [0.3, 0.4) is 0 Å². The van der Waals surface area contributed by atoms with E-state index in [1.54, 1.807) is 0 Å². The zero-order chi connectivity index (χ0) is 14.0. The molecule has 1 N–H and O–H groups in total. The van der Waals surface area contributed by atoms with Crippen LogP contribution in [-0.2, 0) is 4.79 Å². The Kier molecular flexibility index (Phi) is 4.25. The molecule has 1 saturated heterocycles. The molecule has 0 radical (unpaired) electrons. The molecule has 0 saturated carbocycles. The highest BCUT2D eigenvalue weighted by atomic mass is 16.2. The van der Waals surface area contributed by atoms with Gasteiger partial charge in [-0.05, 0) is 62.9 Å². The average Bonchev–Trinajstić information content (AvgIpc) is 2.42. The number of hydrogen-bond acceptors (Lipinski definition) is 2. The van der Waals surface area contributed by atoms with Crippen LogP contribution in [0.2, 0.25) is 0 Å². The standard InChI is InChI=1S/C16H24N2O/c1-11-8-13(3)15(9-12(11)2)18(4)16(19)14-6-5-7-17-10-14/h8-9,14,17H,5-7,10H2,1-4H3. The molecule has 1 aromatic carbocycles. The normalized spacial score (nSPS) is 19.3. The molecular weight excluding hydrogens is 236 g/mol. The molecule has 0 spiro atoms. The van der Waals surface area contributed by atoms with E-state index >= 15 is 0 Å². The van der Waals surface area contributed by atoms with Gasteiger partial charge < -0.3 is 10.2 Å². The van der Waals surface area contributed by atoms with Crippen LogP contribution in [-0.4, -0.2) is 26.0 Å². The number of aryl methyl sites for hydroxylation is 3. The van der Waals surface area contributed by atoms with Crippen molar-refractivity contribution in [1.82, 2.24) is 5.32 Å². The number of piperidine rings is 1. The summed E-state index contributed by atoms with van der Waals surface area (Å²) in [6.07, 6.45) is 2.09. The maximum absolute atomic E-state index is 12.5. The maximum Gasteiger partial charge on any atom is 0.231 e. The molecule has 1 fully saturated rings. The predicted molar refractivity (Wildman–Crippen MR) is 79.7 cm³/mol. The molecule has 1 aliphatic heterocycles. The first-order valence-electron chi connectivity index (χ1n) is 7.07. The number of carbonyl (C=O) groups is 1. The number of hydrogen-bond donors (Lipinski definition) is 1. The molecule has 1 unspecified atom stereocenters. The molecule has 3 heteroatoms. The Balaban J connectivity index is 2.21. The Labute approximate surface area is 116 Å². The molecule has 0 aromatic heterocycles. The Hall–Kier alpha value is -1.35. The van der Waals surface area contributed by atoms with Crippen molar-refractivity contribution in [2.24, 2.45) is 5.92 Å². The first-order valence-corrected chi connectivity index (χ1v) is 7.07. The molecule has 0 bridgehead atoms. The van der Waals surface area contributed by atoms with Crippen molar-refractivity contribution in [3.05, 3.63) is 28.8 Å². The van der Waals surface area contributed by atoms with E-state index in [4.69, 9.17) is 0 Å².